The number of benzene rings is 2. The molecule has 3 rings (SSSR count). The van der Waals surface area contributed by atoms with E-state index in [2.05, 4.69) is 20.8 Å². The standard InChI is InChI=1S/C19H18N4O2S/c1-12-6-8-15(9-7-12)17-18(21-13(2)24)26-19(22-17)23-20-11-14-4-3-5-16(25)10-14/h3-11,25H,1-2H3,(H,21,24)(H,22,23)/b20-11-. The highest BCUT2D eigenvalue weighted by Gasteiger charge is 2.14. The summed E-state index contributed by atoms with van der Waals surface area (Å²) in [5.74, 6) is 0.0228. The van der Waals surface area contributed by atoms with Crippen LogP contribution in [0.15, 0.2) is 53.6 Å². The largest absolute Gasteiger partial charge is 0.508 e. The highest BCUT2D eigenvalue weighted by atomic mass is 32.1. The van der Waals surface area contributed by atoms with Gasteiger partial charge in [0.25, 0.3) is 0 Å². The number of amides is 1. The van der Waals surface area contributed by atoms with Gasteiger partial charge in [-0.25, -0.2) is 4.98 Å². The van der Waals surface area contributed by atoms with Crippen LogP contribution in [-0.2, 0) is 4.79 Å². The maximum Gasteiger partial charge on any atom is 0.221 e. The summed E-state index contributed by atoms with van der Waals surface area (Å²) in [7, 11) is 0. The molecule has 0 fully saturated rings. The predicted molar refractivity (Wildman–Crippen MR) is 106 cm³/mol. The molecule has 132 valence electrons. The van der Waals surface area contributed by atoms with Crippen molar-refractivity contribution in [2.75, 3.05) is 10.7 Å². The number of hydrogen-bond acceptors (Lipinski definition) is 6. The van der Waals surface area contributed by atoms with Crippen molar-refractivity contribution >= 4 is 33.6 Å². The Morgan fingerprint density at radius 2 is 2.00 bits per heavy atom. The van der Waals surface area contributed by atoms with E-state index in [0.29, 0.717) is 15.8 Å². The number of rotatable bonds is 5. The Morgan fingerprint density at radius 3 is 2.69 bits per heavy atom. The van der Waals surface area contributed by atoms with E-state index in [1.807, 2.05) is 37.3 Å². The van der Waals surface area contributed by atoms with Crippen molar-refractivity contribution in [2.24, 2.45) is 5.10 Å². The first kappa shape index (κ1) is 17.6. The third kappa shape index (κ3) is 4.46. The van der Waals surface area contributed by atoms with Crippen molar-refractivity contribution < 1.29 is 9.90 Å². The van der Waals surface area contributed by atoms with Gasteiger partial charge in [-0.2, -0.15) is 5.10 Å². The molecule has 0 unspecified atom stereocenters. The highest BCUT2D eigenvalue weighted by Crippen LogP contribution is 2.36. The molecule has 0 atom stereocenters. The number of carbonyl (C=O) groups excluding carboxylic acids is 1. The molecule has 0 saturated heterocycles. The zero-order chi connectivity index (χ0) is 18.5. The molecule has 3 aromatic rings. The Labute approximate surface area is 155 Å². The van der Waals surface area contributed by atoms with Crippen molar-refractivity contribution in [3.8, 4) is 17.0 Å². The number of aryl methyl sites for hydroxylation is 1. The molecule has 1 amide bonds. The summed E-state index contributed by atoms with van der Waals surface area (Å²) in [6.07, 6.45) is 1.59. The van der Waals surface area contributed by atoms with E-state index >= 15 is 0 Å². The minimum absolute atomic E-state index is 0.156. The van der Waals surface area contributed by atoms with Crippen molar-refractivity contribution in [3.05, 3.63) is 59.7 Å². The Balaban J connectivity index is 1.83. The Bertz CT molecular complexity index is 948. The van der Waals surface area contributed by atoms with Crippen LogP contribution in [0.5, 0.6) is 5.75 Å². The van der Waals surface area contributed by atoms with Crippen LogP contribution >= 0.6 is 11.3 Å². The van der Waals surface area contributed by atoms with Crippen LogP contribution in [-0.4, -0.2) is 22.2 Å². The minimum atomic E-state index is -0.156. The van der Waals surface area contributed by atoms with E-state index in [1.165, 1.54) is 18.3 Å². The fraction of sp³-hybridized carbons (Fsp3) is 0.105. The average molecular weight is 366 g/mol. The van der Waals surface area contributed by atoms with Crippen molar-refractivity contribution in [2.45, 2.75) is 13.8 Å². The van der Waals surface area contributed by atoms with Crippen molar-refractivity contribution in [1.82, 2.24) is 4.98 Å². The van der Waals surface area contributed by atoms with E-state index < -0.39 is 0 Å². The maximum atomic E-state index is 11.5. The molecule has 26 heavy (non-hydrogen) atoms. The second kappa shape index (κ2) is 7.79. The molecule has 3 N–H and O–H groups in total. The number of phenols is 1. The summed E-state index contributed by atoms with van der Waals surface area (Å²) in [6.45, 7) is 3.48. The first-order valence-corrected chi connectivity index (χ1v) is 8.76. The van der Waals surface area contributed by atoms with Crippen LogP contribution in [0.25, 0.3) is 11.3 Å². The smallest absolute Gasteiger partial charge is 0.221 e. The molecule has 0 spiro atoms. The number of phenolic OH excluding ortho intramolecular Hbond substituents is 1. The van der Waals surface area contributed by atoms with Gasteiger partial charge in [-0.15, -0.1) is 0 Å². The van der Waals surface area contributed by atoms with Gasteiger partial charge in [0.2, 0.25) is 11.0 Å². The predicted octanol–water partition coefficient (Wildman–Crippen LogP) is 4.23. The molecule has 0 radical (unpaired) electrons. The van der Waals surface area contributed by atoms with Gasteiger partial charge in [-0.1, -0.05) is 53.3 Å². The number of thiazole rings is 1. The topological polar surface area (TPSA) is 86.6 Å². The van der Waals surface area contributed by atoms with Gasteiger partial charge >= 0.3 is 0 Å². The molecular formula is C19H18N4O2S. The summed E-state index contributed by atoms with van der Waals surface area (Å²) in [5, 5.41) is 17.6. The van der Waals surface area contributed by atoms with Crippen molar-refractivity contribution in [3.63, 3.8) is 0 Å². The van der Waals surface area contributed by atoms with Crippen LogP contribution in [0.4, 0.5) is 10.1 Å². The number of anilines is 2. The van der Waals surface area contributed by atoms with Crippen molar-refractivity contribution in [1.29, 1.82) is 0 Å². The van der Waals surface area contributed by atoms with E-state index in [0.717, 1.165) is 16.7 Å². The molecule has 0 aliphatic heterocycles. The second-order valence-corrected chi connectivity index (χ2v) is 6.71. The molecule has 0 saturated carbocycles. The SMILES string of the molecule is CC(=O)Nc1sc(N/N=C\c2cccc(O)c2)nc1-c1ccc(C)cc1. The molecular weight excluding hydrogens is 348 g/mol. The first-order chi connectivity index (χ1) is 12.5. The van der Waals surface area contributed by atoms with Gasteiger partial charge in [-0.05, 0) is 24.6 Å². The van der Waals surface area contributed by atoms with Gasteiger partial charge < -0.3 is 10.4 Å². The molecule has 2 aromatic carbocycles. The van der Waals surface area contributed by atoms with Crippen LogP contribution in [0, 0.1) is 6.92 Å². The molecule has 0 aliphatic carbocycles. The maximum absolute atomic E-state index is 11.5. The summed E-state index contributed by atoms with van der Waals surface area (Å²) in [6, 6.07) is 14.7. The third-order valence-corrected chi connectivity index (χ3v) is 4.36. The van der Waals surface area contributed by atoms with Crippen LogP contribution in [0.3, 0.4) is 0 Å². The summed E-state index contributed by atoms with van der Waals surface area (Å²) in [4.78, 5) is 16.0. The lowest BCUT2D eigenvalue weighted by Gasteiger charge is -2.02. The Hall–Kier alpha value is -3.19. The van der Waals surface area contributed by atoms with Gasteiger partial charge in [0, 0.05) is 12.5 Å². The lowest BCUT2D eigenvalue weighted by atomic mass is 10.1. The summed E-state index contributed by atoms with van der Waals surface area (Å²) < 4.78 is 0. The summed E-state index contributed by atoms with van der Waals surface area (Å²) in [5.41, 5.74) is 6.39. The van der Waals surface area contributed by atoms with E-state index in [-0.39, 0.29) is 11.7 Å². The zero-order valence-electron chi connectivity index (χ0n) is 14.4. The number of aromatic nitrogens is 1. The first-order valence-electron chi connectivity index (χ1n) is 7.95. The fourth-order valence-electron chi connectivity index (χ4n) is 2.29. The van der Waals surface area contributed by atoms with E-state index in [1.54, 1.807) is 24.4 Å². The van der Waals surface area contributed by atoms with Gasteiger partial charge in [0.1, 0.15) is 16.4 Å². The monoisotopic (exact) mass is 366 g/mol. The molecule has 1 aromatic heterocycles. The zero-order valence-corrected chi connectivity index (χ0v) is 15.2. The normalized spacial score (nSPS) is 10.8. The third-order valence-electron chi connectivity index (χ3n) is 3.49. The van der Waals surface area contributed by atoms with Gasteiger partial charge in [0.05, 0.1) is 6.21 Å². The molecule has 0 bridgehead atoms. The molecule has 1 heterocycles. The van der Waals surface area contributed by atoms with E-state index in [9.17, 15) is 9.90 Å². The van der Waals surface area contributed by atoms with Crippen LogP contribution in [0.1, 0.15) is 18.1 Å². The molecule has 0 aliphatic rings. The molecule has 7 heteroatoms. The lowest BCUT2D eigenvalue weighted by molar-refractivity contribution is -0.114. The number of nitrogens with one attached hydrogen (secondary N) is 2. The number of hydrazone groups is 1. The number of nitrogens with zero attached hydrogens (tertiary/aromatic N) is 2. The Morgan fingerprint density at radius 1 is 1.23 bits per heavy atom. The van der Waals surface area contributed by atoms with Crippen LogP contribution in [0.2, 0.25) is 0 Å². The fourth-order valence-corrected chi connectivity index (χ4v) is 3.17. The number of hydrogen-bond donors (Lipinski definition) is 3. The second-order valence-electron chi connectivity index (χ2n) is 5.71. The minimum Gasteiger partial charge on any atom is -0.508 e. The van der Waals surface area contributed by atoms with E-state index in [4.69, 9.17) is 0 Å². The Kier molecular flexibility index (Phi) is 5.28. The highest BCUT2D eigenvalue weighted by molar-refractivity contribution is 7.20. The quantitative estimate of drug-likeness (QED) is 0.466. The van der Waals surface area contributed by atoms with Crippen LogP contribution < -0.4 is 10.7 Å². The average Bonchev–Trinajstić information content (AvgIpc) is 2.97. The molecule has 6 nitrogen and oxygen atoms in total. The van der Waals surface area contributed by atoms with Gasteiger partial charge in [0.15, 0.2) is 0 Å². The summed E-state index contributed by atoms with van der Waals surface area (Å²) >= 11 is 1.31. The number of aromatic hydroxyl groups is 1. The lowest BCUT2D eigenvalue weighted by Crippen LogP contribution is -2.05. The van der Waals surface area contributed by atoms with Gasteiger partial charge in [-0.3, -0.25) is 10.2 Å². The number of carbonyl (C=O) groups is 1.